The molecular weight excluding hydrogens is 432 g/mol. The van der Waals surface area contributed by atoms with Crippen LogP contribution in [0, 0.1) is 5.41 Å². The van der Waals surface area contributed by atoms with Crippen molar-refractivity contribution in [3.8, 4) is 0 Å². The average Bonchev–Trinajstić information content (AvgIpc) is 3.39. The van der Waals surface area contributed by atoms with Gasteiger partial charge in [0.05, 0.1) is 5.41 Å². The van der Waals surface area contributed by atoms with E-state index in [1.165, 1.54) is 16.7 Å². The second-order valence-corrected chi connectivity index (χ2v) is 9.70. The molecule has 0 aliphatic carbocycles. The molecule has 0 aromatic heterocycles. The summed E-state index contributed by atoms with van der Waals surface area (Å²) in [7, 11) is 0. The van der Waals surface area contributed by atoms with E-state index in [9.17, 15) is 29.1 Å². The molecule has 3 atom stereocenters. The summed E-state index contributed by atoms with van der Waals surface area (Å²) in [5.74, 6) is -2.45. The molecule has 2 fully saturated rings. The lowest BCUT2D eigenvalue weighted by atomic mass is 9.97. The van der Waals surface area contributed by atoms with Gasteiger partial charge in [-0.3, -0.25) is 14.4 Å². The average molecular weight is 469 g/mol. The standard InChI is InChI=1S/C23H36N2O8/c1-15(33-22(31)23(2,3)4)32-21(30)17-10-8-14-25(17)19(27)12-6-5-11-18(26)24-13-7-9-16(24)20(28)29/h15-17H,5-14H2,1-4H3,(H,28,29)/t15-,16?,17+/m0/s1. The Kier molecular flexibility index (Phi) is 9.25. The Labute approximate surface area is 194 Å². The van der Waals surface area contributed by atoms with E-state index in [4.69, 9.17) is 9.47 Å². The number of unbranched alkanes of at least 4 members (excludes halogenated alkanes) is 1. The van der Waals surface area contributed by atoms with Crippen LogP contribution in [0.15, 0.2) is 0 Å². The summed E-state index contributed by atoms with van der Waals surface area (Å²) in [4.78, 5) is 63.6. The van der Waals surface area contributed by atoms with Crippen LogP contribution in [0.25, 0.3) is 0 Å². The fourth-order valence-corrected chi connectivity index (χ4v) is 4.07. The smallest absolute Gasteiger partial charge is 0.331 e. The van der Waals surface area contributed by atoms with E-state index in [0.717, 1.165) is 0 Å². The minimum absolute atomic E-state index is 0.188. The van der Waals surface area contributed by atoms with E-state index >= 15 is 0 Å². The number of aliphatic carboxylic acids is 1. The van der Waals surface area contributed by atoms with E-state index in [1.807, 2.05) is 0 Å². The highest BCUT2D eigenvalue weighted by atomic mass is 16.7. The van der Waals surface area contributed by atoms with E-state index in [-0.39, 0.29) is 24.7 Å². The number of esters is 2. The Balaban J connectivity index is 1.76. The van der Waals surface area contributed by atoms with Crippen molar-refractivity contribution in [1.29, 1.82) is 0 Å². The molecule has 0 saturated carbocycles. The first-order valence-electron chi connectivity index (χ1n) is 11.6. The number of amides is 2. The summed E-state index contributed by atoms with van der Waals surface area (Å²) in [6.45, 7) is 7.46. The van der Waals surface area contributed by atoms with Crippen LogP contribution in [-0.4, -0.2) is 76.1 Å². The first kappa shape index (κ1) is 26.6. The Morgan fingerprint density at radius 1 is 0.879 bits per heavy atom. The first-order chi connectivity index (χ1) is 15.4. The third kappa shape index (κ3) is 7.43. The molecule has 10 heteroatoms. The molecule has 0 radical (unpaired) electrons. The van der Waals surface area contributed by atoms with Crippen LogP contribution < -0.4 is 0 Å². The molecule has 1 unspecified atom stereocenters. The SMILES string of the molecule is C[C@@H](OC(=O)[C@H]1CCCN1C(=O)CCCCC(=O)N1CCCC1C(=O)O)OC(=O)C(C)(C)C. The van der Waals surface area contributed by atoms with Crippen molar-refractivity contribution in [2.45, 2.75) is 97.4 Å². The van der Waals surface area contributed by atoms with Gasteiger partial charge in [0.25, 0.3) is 0 Å². The minimum atomic E-state index is -1.05. The molecule has 2 saturated heterocycles. The predicted octanol–water partition coefficient (Wildman–Crippen LogP) is 2.09. The molecule has 33 heavy (non-hydrogen) atoms. The van der Waals surface area contributed by atoms with Crippen LogP contribution in [0.2, 0.25) is 0 Å². The van der Waals surface area contributed by atoms with Crippen molar-refractivity contribution >= 4 is 29.7 Å². The zero-order valence-corrected chi connectivity index (χ0v) is 20.0. The highest BCUT2D eigenvalue weighted by Gasteiger charge is 2.37. The van der Waals surface area contributed by atoms with Crippen molar-refractivity contribution in [3.05, 3.63) is 0 Å². The Hall–Kier alpha value is -2.65. The molecule has 2 aliphatic rings. The van der Waals surface area contributed by atoms with E-state index < -0.39 is 41.7 Å². The van der Waals surface area contributed by atoms with E-state index in [0.29, 0.717) is 51.6 Å². The van der Waals surface area contributed by atoms with Crippen LogP contribution in [0.3, 0.4) is 0 Å². The minimum Gasteiger partial charge on any atom is -0.480 e. The molecule has 1 N–H and O–H groups in total. The maximum absolute atomic E-state index is 12.7. The second kappa shape index (κ2) is 11.5. The second-order valence-electron chi connectivity index (χ2n) is 9.70. The van der Waals surface area contributed by atoms with Crippen LogP contribution in [-0.2, 0) is 33.4 Å². The summed E-state index contributed by atoms with van der Waals surface area (Å²) in [5, 5.41) is 9.19. The van der Waals surface area contributed by atoms with Gasteiger partial charge >= 0.3 is 17.9 Å². The molecule has 10 nitrogen and oxygen atoms in total. The van der Waals surface area contributed by atoms with Gasteiger partial charge in [0.1, 0.15) is 12.1 Å². The molecule has 2 amide bonds. The number of ether oxygens (including phenoxy) is 2. The fraction of sp³-hybridized carbons (Fsp3) is 0.783. The number of rotatable bonds is 9. The van der Waals surface area contributed by atoms with Crippen LogP contribution >= 0.6 is 0 Å². The van der Waals surface area contributed by atoms with Crippen molar-refractivity contribution in [1.82, 2.24) is 9.80 Å². The molecule has 2 heterocycles. The monoisotopic (exact) mass is 468 g/mol. The zero-order chi connectivity index (χ0) is 24.8. The van der Waals surface area contributed by atoms with Gasteiger partial charge in [0, 0.05) is 32.9 Å². The van der Waals surface area contributed by atoms with E-state index in [2.05, 4.69) is 0 Å². The zero-order valence-electron chi connectivity index (χ0n) is 20.0. The van der Waals surface area contributed by atoms with Gasteiger partial charge in [-0.05, 0) is 59.3 Å². The summed E-state index contributed by atoms with van der Waals surface area (Å²) >= 11 is 0. The quantitative estimate of drug-likeness (QED) is 0.309. The normalized spacial score (nSPS) is 21.6. The van der Waals surface area contributed by atoms with Crippen LogP contribution in [0.4, 0.5) is 0 Å². The number of nitrogens with zero attached hydrogens (tertiary/aromatic N) is 2. The summed E-state index contributed by atoms with van der Waals surface area (Å²) in [6.07, 6.45) is 2.58. The molecule has 0 bridgehead atoms. The molecule has 0 aromatic rings. The van der Waals surface area contributed by atoms with E-state index in [1.54, 1.807) is 20.8 Å². The molecular formula is C23H36N2O8. The molecule has 2 aliphatic heterocycles. The lowest BCUT2D eigenvalue weighted by molar-refractivity contribution is -0.193. The fourth-order valence-electron chi connectivity index (χ4n) is 4.07. The van der Waals surface area contributed by atoms with Crippen LogP contribution in [0.1, 0.15) is 79.1 Å². The molecule has 2 rings (SSSR count). The Bertz CT molecular complexity index is 760. The first-order valence-corrected chi connectivity index (χ1v) is 11.6. The van der Waals surface area contributed by atoms with Crippen LogP contribution in [0.5, 0.6) is 0 Å². The summed E-state index contributed by atoms with van der Waals surface area (Å²) < 4.78 is 10.4. The Morgan fingerprint density at radius 3 is 1.85 bits per heavy atom. The Morgan fingerprint density at radius 2 is 1.36 bits per heavy atom. The summed E-state index contributed by atoms with van der Waals surface area (Å²) in [6, 6.07) is -1.46. The third-order valence-corrected chi connectivity index (χ3v) is 5.90. The third-order valence-electron chi connectivity index (χ3n) is 5.90. The number of likely N-dealkylation sites (tertiary alicyclic amines) is 2. The topological polar surface area (TPSA) is 131 Å². The lowest BCUT2D eigenvalue weighted by Gasteiger charge is -2.26. The highest BCUT2D eigenvalue weighted by molar-refractivity contribution is 5.86. The van der Waals surface area contributed by atoms with Crippen molar-refractivity contribution in [2.75, 3.05) is 13.1 Å². The number of carbonyl (C=O) groups excluding carboxylic acids is 4. The predicted molar refractivity (Wildman–Crippen MR) is 117 cm³/mol. The number of hydrogen-bond donors (Lipinski definition) is 1. The highest BCUT2D eigenvalue weighted by Crippen LogP contribution is 2.23. The van der Waals surface area contributed by atoms with Gasteiger partial charge in [-0.2, -0.15) is 0 Å². The number of carbonyl (C=O) groups is 5. The van der Waals surface area contributed by atoms with Gasteiger partial charge in [0.2, 0.25) is 18.1 Å². The lowest BCUT2D eigenvalue weighted by Crippen LogP contribution is -2.43. The molecule has 186 valence electrons. The summed E-state index contributed by atoms with van der Waals surface area (Å²) in [5.41, 5.74) is -0.722. The van der Waals surface area contributed by atoms with Gasteiger partial charge in [-0.15, -0.1) is 0 Å². The largest absolute Gasteiger partial charge is 0.480 e. The van der Waals surface area contributed by atoms with Gasteiger partial charge in [-0.25, -0.2) is 9.59 Å². The maximum Gasteiger partial charge on any atom is 0.331 e. The maximum atomic E-state index is 12.7. The van der Waals surface area contributed by atoms with Gasteiger partial charge < -0.3 is 24.4 Å². The number of carboxylic acid groups (broad SMARTS) is 1. The van der Waals surface area contributed by atoms with Gasteiger partial charge in [-0.1, -0.05) is 0 Å². The number of hydrogen-bond acceptors (Lipinski definition) is 7. The van der Waals surface area contributed by atoms with Gasteiger partial charge in [0.15, 0.2) is 0 Å². The van der Waals surface area contributed by atoms with Crippen molar-refractivity contribution in [3.63, 3.8) is 0 Å². The molecule has 0 aromatic carbocycles. The van der Waals surface area contributed by atoms with Crippen molar-refractivity contribution < 1.29 is 38.6 Å². The van der Waals surface area contributed by atoms with Crippen molar-refractivity contribution in [2.24, 2.45) is 5.41 Å². The number of carboxylic acids is 1. The molecule has 0 spiro atoms.